The van der Waals surface area contributed by atoms with Crippen molar-refractivity contribution in [3.63, 3.8) is 0 Å². The van der Waals surface area contributed by atoms with Crippen molar-refractivity contribution in [3.05, 3.63) is 73.8 Å². The van der Waals surface area contributed by atoms with Crippen LogP contribution in [0.15, 0.2) is 42.5 Å². The summed E-state index contributed by atoms with van der Waals surface area (Å²) in [4.78, 5) is 20.2. The van der Waals surface area contributed by atoms with E-state index >= 15 is 0 Å². The Hall–Kier alpha value is -3.06. The quantitative estimate of drug-likeness (QED) is 0.507. The average Bonchev–Trinajstić information content (AvgIpc) is 2.58. The van der Waals surface area contributed by atoms with Crippen LogP contribution in [-0.2, 0) is 28.3 Å². The molecule has 27 heavy (non-hydrogen) atoms. The van der Waals surface area contributed by atoms with Gasteiger partial charge in [0, 0.05) is 12.1 Å². The third kappa shape index (κ3) is 5.21. The lowest BCUT2D eigenvalue weighted by Gasteiger charge is -2.09. The zero-order chi connectivity index (χ0) is 20.2. The molecule has 13 heteroatoms. The average molecular weight is 406 g/mol. The molecule has 0 N–H and O–H groups in total. The molecule has 9 nitrogen and oxygen atoms in total. The fourth-order valence-electron chi connectivity index (χ4n) is 1.99. The fraction of sp³-hybridized carbons (Fsp3) is 0.143. The van der Waals surface area contributed by atoms with Crippen LogP contribution >= 0.6 is 0 Å². The van der Waals surface area contributed by atoms with Gasteiger partial charge in [0.25, 0.3) is 11.4 Å². The number of nitro groups is 2. The van der Waals surface area contributed by atoms with Crippen molar-refractivity contribution in [2.75, 3.05) is 0 Å². The van der Waals surface area contributed by atoms with E-state index in [1.807, 2.05) is 0 Å². The molecule has 0 aliphatic carbocycles. The van der Waals surface area contributed by atoms with Gasteiger partial charge in [0.2, 0.25) is 0 Å². The van der Waals surface area contributed by atoms with Gasteiger partial charge in [-0.3, -0.25) is 24.4 Å². The first-order chi connectivity index (χ1) is 12.6. The van der Waals surface area contributed by atoms with E-state index in [0.717, 1.165) is 36.4 Å². The Bertz CT molecular complexity index is 872. The van der Waals surface area contributed by atoms with Crippen LogP contribution in [0.5, 0.6) is 5.75 Å². The Balaban J connectivity index is 2.15. The maximum atomic E-state index is 12.6. The van der Waals surface area contributed by atoms with E-state index < -0.39 is 62.2 Å². The normalized spacial score (nSPS) is 12.4. The molecule has 0 radical (unpaired) electrons. The molecule has 0 amide bonds. The molecular formula is C14H9F3N2O7S. The fourth-order valence-corrected chi connectivity index (χ4v) is 2.51. The molecule has 144 valence electrons. The SMILES string of the molecule is O=[N+]([O-])c1cccc([N+](=O)[O-])c1COS(=O)Oc1cccc(C(F)(F)F)c1. The van der Waals surface area contributed by atoms with Crippen LogP contribution in [0.3, 0.4) is 0 Å². The maximum absolute atomic E-state index is 12.6. The van der Waals surface area contributed by atoms with Crippen LogP contribution in [0.4, 0.5) is 24.5 Å². The van der Waals surface area contributed by atoms with Crippen molar-refractivity contribution in [1.82, 2.24) is 0 Å². The summed E-state index contributed by atoms with van der Waals surface area (Å²) in [6.45, 7) is -0.834. The van der Waals surface area contributed by atoms with Gasteiger partial charge in [-0.25, -0.2) is 0 Å². The Labute approximate surface area is 151 Å². The van der Waals surface area contributed by atoms with Gasteiger partial charge in [0.05, 0.1) is 15.4 Å². The molecule has 0 heterocycles. The summed E-state index contributed by atoms with van der Waals surface area (Å²) in [7, 11) is 0. The highest BCUT2D eigenvalue weighted by Crippen LogP contribution is 2.32. The van der Waals surface area contributed by atoms with E-state index in [9.17, 15) is 37.6 Å². The number of alkyl halides is 3. The molecule has 1 unspecified atom stereocenters. The lowest BCUT2D eigenvalue weighted by molar-refractivity contribution is -0.396. The summed E-state index contributed by atoms with van der Waals surface area (Å²) in [5, 5.41) is 22.0. The van der Waals surface area contributed by atoms with Gasteiger partial charge in [0.15, 0.2) is 0 Å². The lowest BCUT2D eigenvalue weighted by atomic mass is 10.1. The smallest absolute Gasteiger partial charge is 0.380 e. The highest BCUT2D eigenvalue weighted by molar-refractivity contribution is 7.75. The lowest BCUT2D eigenvalue weighted by Crippen LogP contribution is -2.09. The van der Waals surface area contributed by atoms with Crippen LogP contribution in [0.1, 0.15) is 11.1 Å². The number of nitrogens with zero attached hydrogens (tertiary/aromatic N) is 2. The molecule has 0 aliphatic rings. The number of benzene rings is 2. The minimum Gasteiger partial charge on any atom is -0.380 e. The molecule has 0 spiro atoms. The molecular weight excluding hydrogens is 397 g/mol. The van der Waals surface area contributed by atoms with Gasteiger partial charge < -0.3 is 4.18 Å². The molecule has 0 saturated carbocycles. The number of halogens is 3. The Morgan fingerprint density at radius 3 is 2.07 bits per heavy atom. The Morgan fingerprint density at radius 2 is 1.56 bits per heavy atom. The topological polar surface area (TPSA) is 122 Å². The first kappa shape index (κ1) is 20.3. The molecule has 2 aromatic rings. The first-order valence-electron chi connectivity index (χ1n) is 6.91. The summed E-state index contributed by atoms with van der Waals surface area (Å²) >= 11 is -2.66. The molecule has 0 aliphatic heterocycles. The second-order valence-corrected chi connectivity index (χ2v) is 5.67. The molecule has 0 fully saturated rings. The van der Waals surface area contributed by atoms with Crippen LogP contribution in [0.2, 0.25) is 0 Å². The molecule has 0 saturated heterocycles. The molecule has 0 aromatic heterocycles. The van der Waals surface area contributed by atoms with Crippen LogP contribution < -0.4 is 4.18 Å². The monoisotopic (exact) mass is 406 g/mol. The van der Waals surface area contributed by atoms with Gasteiger partial charge in [-0.2, -0.15) is 17.4 Å². The van der Waals surface area contributed by atoms with Gasteiger partial charge >= 0.3 is 17.5 Å². The Morgan fingerprint density at radius 1 is 1.00 bits per heavy atom. The largest absolute Gasteiger partial charge is 0.416 e. The molecule has 1 atom stereocenters. The third-order valence-corrected chi connectivity index (χ3v) is 3.78. The van der Waals surface area contributed by atoms with E-state index in [1.165, 1.54) is 0 Å². The molecule has 0 bridgehead atoms. The summed E-state index contributed by atoms with van der Waals surface area (Å²) in [6, 6.07) is 6.52. The van der Waals surface area contributed by atoms with Gasteiger partial charge in [-0.15, -0.1) is 0 Å². The van der Waals surface area contributed by atoms with E-state index in [4.69, 9.17) is 4.18 Å². The Kier molecular flexibility index (Phi) is 6.07. The second kappa shape index (κ2) is 8.09. The minimum absolute atomic E-state index is 0.430. The zero-order valence-electron chi connectivity index (χ0n) is 13.0. The van der Waals surface area contributed by atoms with Crippen LogP contribution in [-0.4, -0.2) is 14.1 Å². The number of hydrogen-bond donors (Lipinski definition) is 0. The number of nitro benzene ring substituents is 2. The third-order valence-electron chi connectivity index (χ3n) is 3.15. The van der Waals surface area contributed by atoms with E-state index in [0.29, 0.717) is 6.07 Å². The molecule has 2 rings (SSSR count). The van der Waals surface area contributed by atoms with Gasteiger partial charge in [0.1, 0.15) is 17.9 Å². The summed E-state index contributed by atoms with van der Waals surface area (Å²) in [5.74, 6) is -0.430. The van der Waals surface area contributed by atoms with Crippen molar-refractivity contribution in [1.29, 1.82) is 0 Å². The maximum Gasteiger partial charge on any atom is 0.416 e. The first-order valence-corrected chi connectivity index (χ1v) is 7.91. The predicted octanol–water partition coefficient (Wildman–Crippen LogP) is 3.70. The van der Waals surface area contributed by atoms with Crippen molar-refractivity contribution >= 4 is 22.7 Å². The minimum atomic E-state index is -4.65. The highest BCUT2D eigenvalue weighted by atomic mass is 32.2. The number of hydrogen-bond acceptors (Lipinski definition) is 7. The van der Waals surface area contributed by atoms with Crippen LogP contribution in [0.25, 0.3) is 0 Å². The van der Waals surface area contributed by atoms with Crippen LogP contribution in [0, 0.1) is 20.2 Å². The second-order valence-electron chi connectivity index (χ2n) is 4.86. The predicted molar refractivity (Wildman–Crippen MR) is 84.8 cm³/mol. The van der Waals surface area contributed by atoms with Crippen molar-refractivity contribution in [2.24, 2.45) is 0 Å². The van der Waals surface area contributed by atoms with E-state index in [-0.39, 0.29) is 0 Å². The summed E-state index contributed by atoms with van der Waals surface area (Å²) in [5.41, 5.74) is -2.79. The van der Waals surface area contributed by atoms with E-state index in [1.54, 1.807) is 0 Å². The summed E-state index contributed by atoms with van der Waals surface area (Å²) < 4.78 is 59.0. The van der Waals surface area contributed by atoms with Crippen molar-refractivity contribution in [2.45, 2.75) is 12.8 Å². The van der Waals surface area contributed by atoms with Crippen molar-refractivity contribution < 1.29 is 35.6 Å². The van der Waals surface area contributed by atoms with Gasteiger partial charge in [-0.1, -0.05) is 6.07 Å². The van der Waals surface area contributed by atoms with E-state index in [2.05, 4.69) is 4.18 Å². The standard InChI is InChI=1S/C14H9F3N2O7S/c15-14(16,17)9-3-1-4-10(7-9)26-27(24)25-8-11-12(18(20)21)5-2-6-13(11)19(22)23/h1-7H,8H2. The number of rotatable bonds is 7. The van der Waals surface area contributed by atoms with Crippen molar-refractivity contribution in [3.8, 4) is 5.75 Å². The summed E-state index contributed by atoms with van der Waals surface area (Å²) in [6.07, 6.45) is -4.65. The van der Waals surface area contributed by atoms with Gasteiger partial charge in [-0.05, 0) is 24.3 Å². The molecule has 2 aromatic carbocycles. The zero-order valence-corrected chi connectivity index (χ0v) is 13.9. The highest BCUT2D eigenvalue weighted by Gasteiger charge is 2.31.